The Morgan fingerprint density at radius 3 is 2.44 bits per heavy atom. The van der Waals surface area contributed by atoms with Crippen molar-refractivity contribution >= 4 is 64.2 Å². The number of rotatable bonds is 12. The molecule has 3 atom stereocenters. The van der Waals surface area contributed by atoms with Crippen LogP contribution < -0.4 is 31.9 Å². The Morgan fingerprint density at radius 1 is 1.02 bits per heavy atom. The number of fused-ring (bicyclic) bond motifs is 1. The summed E-state index contributed by atoms with van der Waals surface area (Å²) >= 11 is 7.23. The van der Waals surface area contributed by atoms with Crippen LogP contribution in [0.5, 0.6) is 0 Å². The molecule has 0 spiro atoms. The summed E-state index contributed by atoms with van der Waals surface area (Å²) in [5.41, 5.74) is 1.45. The molecule has 4 rings (SSSR count). The summed E-state index contributed by atoms with van der Waals surface area (Å²) in [5, 5.41) is 18.6. The Balaban J connectivity index is 1.08. The van der Waals surface area contributed by atoms with E-state index in [1.54, 1.807) is 17.0 Å². The van der Waals surface area contributed by atoms with E-state index in [1.807, 2.05) is 30.8 Å². The molecular formula is C28H41N7O4S2. The van der Waals surface area contributed by atoms with Gasteiger partial charge < -0.3 is 36.8 Å². The lowest BCUT2D eigenvalue weighted by atomic mass is 9.96. The Morgan fingerprint density at radius 2 is 1.73 bits per heavy atom. The summed E-state index contributed by atoms with van der Waals surface area (Å²) in [4.78, 5) is 50.4. The zero-order valence-corrected chi connectivity index (χ0v) is 25.1. The van der Waals surface area contributed by atoms with Crippen LogP contribution in [-0.4, -0.2) is 83.0 Å². The molecule has 0 aromatic heterocycles. The number of carbonyl (C=O) groups excluding carboxylic acids is 4. The van der Waals surface area contributed by atoms with Gasteiger partial charge in [0.25, 0.3) is 0 Å². The Hall–Kier alpha value is -3.06. The quantitative estimate of drug-likeness (QED) is 0.121. The number of likely N-dealkylation sites (tertiary alicyclic amines) is 1. The smallest absolute Gasteiger partial charge is 0.315 e. The molecule has 3 saturated heterocycles. The van der Waals surface area contributed by atoms with Gasteiger partial charge in [-0.25, -0.2) is 4.79 Å². The van der Waals surface area contributed by atoms with E-state index >= 15 is 0 Å². The summed E-state index contributed by atoms with van der Waals surface area (Å²) < 4.78 is 0. The normalized spacial score (nSPS) is 21.8. The van der Waals surface area contributed by atoms with Crippen molar-refractivity contribution in [1.82, 2.24) is 26.2 Å². The standard InChI is InChI=1S/C28H41N7O4S2/c1-2-13-29-26(38)18-11-14-35(15-12-18)24(37)16-30-28(40)32-20-9-7-19(8-10-20)31-23(36)6-4-3-5-22-25-21(17-41-22)33-27(39)34-25/h7-10,18,21-22,25H,2-6,11-17H2,1H3,(H,29,38)(H,31,36)(H2,30,32,40)(H2,33,34,39)/t21-,22-,25-/m0/s1. The maximum Gasteiger partial charge on any atom is 0.315 e. The molecule has 0 bridgehead atoms. The second kappa shape index (κ2) is 15.2. The molecule has 41 heavy (non-hydrogen) atoms. The first kappa shape index (κ1) is 30.9. The fraction of sp³-hybridized carbons (Fsp3) is 0.607. The predicted molar refractivity (Wildman–Crippen MR) is 166 cm³/mol. The van der Waals surface area contributed by atoms with Gasteiger partial charge in [0.05, 0.1) is 18.6 Å². The van der Waals surface area contributed by atoms with Crippen molar-refractivity contribution in [1.29, 1.82) is 0 Å². The van der Waals surface area contributed by atoms with E-state index in [0.717, 1.165) is 37.1 Å². The van der Waals surface area contributed by atoms with Crippen molar-refractivity contribution in [3.05, 3.63) is 24.3 Å². The first-order valence-electron chi connectivity index (χ1n) is 14.5. The fourth-order valence-corrected chi connectivity index (χ4v) is 7.09. The van der Waals surface area contributed by atoms with Crippen LogP contribution in [0.2, 0.25) is 0 Å². The number of urea groups is 1. The van der Waals surface area contributed by atoms with Crippen LogP contribution in [-0.2, 0) is 14.4 Å². The van der Waals surface area contributed by atoms with Gasteiger partial charge in [-0.3, -0.25) is 14.4 Å². The maximum absolute atomic E-state index is 12.6. The highest BCUT2D eigenvalue weighted by Crippen LogP contribution is 2.33. The maximum atomic E-state index is 12.6. The van der Waals surface area contributed by atoms with Gasteiger partial charge in [0, 0.05) is 54.4 Å². The van der Waals surface area contributed by atoms with Gasteiger partial charge >= 0.3 is 6.03 Å². The van der Waals surface area contributed by atoms with Crippen LogP contribution in [0, 0.1) is 5.92 Å². The average Bonchev–Trinajstić information content (AvgIpc) is 3.53. The van der Waals surface area contributed by atoms with Crippen molar-refractivity contribution in [3.8, 4) is 0 Å². The van der Waals surface area contributed by atoms with E-state index in [-0.39, 0.29) is 48.3 Å². The Kier molecular flexibility index (Phi) is 11.5. The summed E-state index contributed by atoms with van der Waals surface area (Å²) in [6, 6.07) is 7.60. The topological polar surface area (TPSA) is 144 Å². The second-order valence-corrected chi connectivity index (χ2v) is 12.4. The predicted octanol–water partition coefficient (Wildman–Crippen LogP) is 2.40. The average molecular weight is 604 g/mol. The number of piperidine rings is 1. The zero-order valence-electron chi connectivity index (χ0n) is 23.5. The van der Waals surface area contributed by atoms with E-state index < -0.39 is 0 Å². The van der Waals surface area contributed by atoms with Crippen LogP contribution in [0.25, 0.3) is 0 Å². The zero-order chi connectivity index (χ0) is 29.2. The summed E-state index contributed by atoms with van der Waals surface area (Å²) in [7, 11) is 0. The van der Waals surface area contributed by atoms with E-state index in [0.29, 0.717) is 54.9 Å². The van der Waals surface area contributed by atoms with Crippen molar-refractivity contribution in [2.24, 2.45) is 5.92 Å². The number of amides is 5. The monoisotopic (exact) mass is 603 g/mol. The molecule has 6 N–H and O–H groups in total. The van der Waals surface area contributed by atoms with Gasteiger partial charge in [0.15, 0.2) is 5.11 Å². The highest BCUT2D eigenvalue weighted by atomic mass is 32.2. The highest BCUT2D eigenvalue weighted by Gasteiger charge is 2.42. The number of hydrogen-bond acceptors (Lipinski definition) is 6. The Bertz CT molecular complexity index is 1100. The molecule has 3 aliphatic heterocycles. The van der Waals surface area contributed by atoms with E-state index in [1.165, 1.54) is 0 Å². The van der Waals surface area contributed by atoms with E-state index in [9.17, 15) is 19.2 Å². The van der Waals surface area contributed by atoms with Crippen molar-refractivity contribution < 1.29 is 19.2 Å². The molecule has 1 aromatic rings. The van der Waals surface area contributed by atoms with Gasteiger partial charge in [-0.1, -0.05) is 13.3 Å². The molecule has 13 heteroatoms. The SMILES string of the molecule is CCCNC(=O)C1CCN(C(=O)CNC(=S)Nc2ccc(NC(=O)CCCC[C@@H]3SC[C@@H]4NC(=O)N[C@@H]43)cc2)CC1. The summed E-state index contributed by atoms with van der Waals surface area (Å²) in [6.45, 7) is 3.92. The molecule has 0 aliphatic carbocycles. The number of benzene rings is 1. The minimum atomic E-state index is -0.0725. The molecule has 224 valence electrons. The first-order chi connectivity index (χ1) is 19.8. The number of thiocarbonyl (C=S) groups is 1. The fourth-order valence-electron chi connectivity index (χ4n) is 5.36. The third-order valence-electron chi connectivity index (χ3n) is 7.68. The van der Waals surface area contributed by atoms with Gasteiger partial charge in [-0.2, -0.15) is 11.8 Å². The highest BCUT2D eigenvalue weighted by molar-refractivity contribution is 8.00. The molecule has 0 radical (unpaired) electrons. The molecule has 3 fully saturated rings. The first-order valence-corrected chi connectivity index (χ1v) is 16.0. The number of carbonyl (C=O) groups is 4. The van der Waals surface area contributed by atoms with Gasteiger partial charge in [-0.05, 0) is 68.6 Å². The molecule has 3 heterocycles. The lowest BCUT2D eigenvalue weighted by Crippen LogP contribution is -2.47. The van der Waals surface area contributed by atoms with E-state index in [2.05, 4.69) is 31.9 Å². The molecule has 11 nitrogen and oxygen atoms in total. The van der Waals surface area contributed by atoms with Crippen LogP contribution in [0.15, 0.2) is 24.3 Å². The molecule has 5 amide bonds. The van der Waals surface area contributed by atoms with Gasteiger partial charge in [0.1, 0.15) is 0 Å². The number of unbranched alkanes of at least 4 members (excludes halogenated alkanes) is 1. The number of nitrogens with one attached hydrogen (secondary N) is 6. The van der Waals surface area contributed by atoms with Gasteiger partial charge in [0.2, 0.25) is 17.7 Å². The third-order valence-corrected chi connectivity index (χ3v) is 9.43. The van der Waals surface area contributed by atoms with Crippen molar-refractivity contribution in [2.75, 3.05) is 42.6 Å². The van der Waals surface area contributed by atoms with Crippen LogP contribution in [0.1, 0.15) is 51.9 Å². The molecule has 1 aromatic carbocycles. The number of anilines is 2. The van der Waals surface area contributed by atoms with Crippen molar-refractivity contribution in [2.45, 2.75) is 69.2 Å². The van der Waals surface area contributed by atoms with Crippen LogP contribution in [0.4, 0.5) is 16.2 Å². The summed E-state index contributed by atoms with van der Waals surface area (Å²) in [6.07, 6.45) is 5.42. The minimum absolute atomic E-state index is 0.0279. The Labute approximate surface area is 251 Å². The number of nitrogens with zero attached hydrogens (tertiary/aromatic N) is 1. The molecule has 0 unspecified atom stereocenters. The molecular weight excluding hydrogens is 562 g/mol. The van der Waals surface area contributed by atoms with Crippen LogP contribution in [0.3, 0.4) is 0 Å². The largest absolute Gasteiger partial charge is 0.356 e. The minimum Gasteiger partial charge on any atom is -0.356 e. The molecule has 0 saturated carbocycles. The number of hydrogen-bond donors (Lipinski definition) is 6. The van der Waals surface area contributed by atoms with Crippen molar-refractivity contribution in [3.63, 3.8) is 0 Å². The van der Waals surface area contributed by atoms with Crippen LogP contribution >= 0.6 is 24.0 Å². The molecule has 3 aliphatic rings. The number of thioether (sulfide) groups is 1. The lowest BCUT2D eigenvalue weighted by molar-refractivity contribution is -0.134. The second-order valence-electron chi connectivity index (χ2n) is 10.7. The van der Waals surface area contributed by atoms with Gasteiger partial charge in [-0.15, -0.1) is 0 Å². The summed E-state index contributed by atoms with van der Waals surface area (Å²) in [5.74, 6) is 0.922. The third kappa shape index (κ3) is 9.22. The van der Waals surface area contributed by atoms with E-state index in [4.69, 9.17) is 12.2 Å². The lowest BCUT2D eigenvalue weighted by Gasteiger charge is -2.31.